The molecule has 2 heterocycles. The molecule has 0 radical (unpaired) electrons. The van der Waals surface area contributed by atoms with Gasteiger partial charge in [0.1, 0.15) is 6.54 Å². The van der Waals surface area contributed by atoms with Gasteiger partial charge in [0, 0.05) is 26.6 Å². The van der Waals surface area contributed by atoms with E-state index in [1.807, 2.05) is 0 Å². The molecule has 2 aromatic rings. The Balaban J connectivity index is 0.00000225. The zero-order chi connectivity index (χ0) is 16.8. The summed E-state index contributed by atoms with van der Waals surface area (Å²) in [6.07, 6.45) is 3.29. The molecular weight excluding hydrogens is 429 g/mol. The lowest BCUT2D eigenvalue weighted by Crippen LogP contribution is -2.43. The van der Waals surface area contributed by atoms with Crippen molar-refractivity contribution in [2.75, 3.05) is 19.6 Å². The minimum Gasteiger partial charge on any atom is -0.356 e. The highest BCUT2D eigenvalue weighted by molar-refractivity contribution is 14.0. The van der Waals surface area contributed by atoms with Crippen molar-refractivity contribution in [3.63, 3.8) is 0 Å². The molecule has 1 N–H and O–H groups in total. The average Bonchev–Trinajstić information content (AvgIpc) is 3.05. The Morgan fingerprint density at radius 3 is 2.72 bits per heavy atom. The zero-order valence-electron chi connectivity index (χ0n) is 14.6. The van der Waals surface area contributed by atoms with E-state index >= 15 is 0 Å². The molecule has 1 aromatic carbocycles. The van der Waals surface area contributed by atoms with Crippen LogP contribution in [0.2, 0.25) is 0 Å². The van der Waals surface area contributed by atoms with E-state index in [0.29, 0.717) is 18.3 Å². The number of aryl methyl sites for hydroxylation is 1. The molecule has 1 aliphatic heterocycles. The third kappa shape index (κ3) is 5.29. The topological polar surface area (TPSA) is 66.5 Å². The number of rotatable bonds is 4. The maximum absolute atomic E-state index is 4.99. The van der Waals surface area contributed by atoms with Gasteiger partial charge >= 0.3 is 0 Å². The molecule has 0 saturated carbocycles. The average molecular weight is 453 g/mol. The minimum atomic E-state index is 0. The molecule has 0 unspecified atom stereocenters. The number of nitrogens with one attached hydrogen (secondary N) is 1. The van der Waals surface area contributed by atoms with Crippen LogP contribution in [0.15, 0.2) is 45.9 Å². The SMILES string of the molecule is CCNC(=NCc1noc(C)n1)N1CC=C(c2ccccc2)CC1.I. The summed E-state index contributed by atoms with van der Waals surface area (Å²) >= 11 is 0. The first kappa shape index (κ1) is 19.4. The summed E-state index contributed by atoms with van der Waals surface area (Å²) < 4.78 is 4.99. The Morgan fingerprint density at radius 1 is 1.32 bits per heavy atom. The number of hydrogen-bond donors (Lipinski definition) is 1. The van der Waals surface area contributed by atoms with Gasteiger partial charge in [0.2, 0.25) is 5.89 Å². The van der Waals surface area contributed by atoms with Crippen molar-refractivity contribution in [2.45, 2.75) is 26.8 Å². The largest absolute Gasteiger partial charge is 0.356 e. The monoisotopic (exact) mass is 453 g/mol. The number of benzene rings is 1. The second kappa shape index (κ2) is 9.55. The number of nitrogens with zero attached hydrogens (tertiary/aromatic N) is 4. The fourth-order valence-electron chi connectivity index (χ4n) is 2.75. The molecule has 3 rings (SSSR count). The zero-order valence-corrected chi connectivity index (χ0v) is 16.9. The molecule has 0 aliphatic carbocycles. The Morgan fingerprint density at radius 2 is 2.12 bits per heavy atom. The summed E-state index contributed by atoms with van der Waals surface area (Å²) in [4.78, 5) is 11.1. The van der Waals surface area contributed by atoms with Crippen molar-refractivity contribution >= 4 is 35.5 Å². The predicted octanol–water partition coefficient (Wildman–Crippen LogP) is 3.25. The van der Waals surface area contributed by atoms with Gasteiger partial charge in [-0.2, -0.15) is 4.98 Å². The molecule has 1 aromatic heterocycles. The molecule has 0 saturated heterocycles. The molecule has 0 amide bonds. The predicted molar refractivity (Wildman–Crippen MR) is 110 cm³/mol. The number of guanidine groups is 1. The van der Waals surface area contributed by atoms with Crippen molar-refractivity contribution in [1.29, 1.82) is 0 Å². The molecule has 0 spiro atoms. The molecule has 1 aliphatic rings. The van der Waals surface area contributed by atoms with E-state index in [-0.39, 0.29) is 24.0 Å². The van der Waals surface area contributed by atoms with Crippen LogP contribution in [0.4, 0.5) is 0 Å². The number of hydrogen-bond acceptors (Lipinski definition) is 4. The highest BCUT2D eigenvalue weighted by atomic mass is 127. The van der Waals surface area contributed by atoms with E-state index in [0.717, 1.165) is 32.0 Å². The lowest BCUT2D eigenvalue weighted by Gasteiger charge is -2.29. The van der Waals surface area contributed by atoms with Crippen LogP contribution < -0.4 is 5.32 Å². The molecule has 25 heavy (non-hydrogen) atoms. The highest BCUT2D eigenvalue weighted by Crippen LogP contribution is 2.22. The van der Waals surface area contributed by atoms with Crippen molar-refractivity contribution in [2.24, 2.45) is 4.99 Å². The summed E-state index contributed by atoms with van der Waals surface area (Å²) in [7, 11) is 0. The Kier molecular flexibility index (Phi) is 7.42. The lowest BCUT2D eigenvalue weighted by atomic mass is 10.00. The smallest absolute Gasteiger partial charge is 0.223 e. The van der Waals surface area contributed by atoms with E-state index in [2.05, 4.69) is 68.7 Å². The van der Waals surface area contributed by atoms with Gasteiger partial charge in [0.25, 0.3) is 0 Å². The Hall–Kier alpha value is -1.90. The third-order valence-corrected chi connectivity index (χ3v) is 3.93. The van der Waals surface area contributed by atoms with Crippen LogP contribution >= 0.6 is 24.0 Å². The molecule has 0 atom stereocenters. The maximum Gasteiger partial charge on any atom is 0.223 e. The third-order valence-electron chi connectivity index (χ3n) is 3.93. The number of aliphatic imine (C=N–C) groups is 1. The van der Waals surface area contributed by atoms with Crippen LogP contribution in [0.3, 0.4) is 0 Å². The van der Waals surface area contributed by atoms with Crippen LogP contribution in [0.1, 0.15) is 30.6 Å². The van der Waals surface area contributed by atoms with E-state index in [4.69, 9.17) is 4.52 Å². The summed E-state index contributed by atoms with van der Waals surface area (Å²) in [5.41, 5.74) is 2.71. The van der Waals surface area contributed by atoms with Gasteiger partial charge in [-0.25, -0.2) is 4.99 Å². The number of aromatic nitrogens is 2. The van der Waals surface area contributed by atoms with Crippen LogP contribution in [0.5, 0.6) is 0 Å². The molecule has 0 bridgehead atoms. The van der Waals surface area contributed by atoms with E-state index in [9.17, 15) is 0 Å². The first-order valence-corrected chi connectivity index (χ1v) is 8.33. The van der Waals surface area contributed by atoms with Crippen molar-refractivity contribution in [3.05, 3.63) is 53.7 Å². The van der Waals surface area contributed by atoms with Gasteiger partial charge in [-0.05, 0) is 24.5 Å². The fourth-order valence-corrected chi connectivity index (χ4v) is 2.75. The van der Waals surface area contributed by atoms with Gasteiger partial charge in [-0.15, -0.1) is 24.0 Å². The first-order chi connectivity index (χ1) is 11.8. The van der Waals surface area contributed by atoms with Gasteiger partial charge in [-0.1, -0.05) is 41.6 Å². The second-order valence-corrected chi connectivity index (χ2v) is 5.69. The summed E-state index contributed by atoms with van der Waals surface area (Å²) in [6, 6.07) is 10.6. The lowest BCUT2D eigenvalue weighted by molar-refractivity contribution is 0.387. The maximum atomic E-state index is 4.99. The molecule has 134 valence electrons. The van der Waals surface area contributed by atoms with Crippen molar-refractivity contribution < 1.29 is 4.52 Å². The van der Waals surface area contributed by atoms with Gasteiger partial charge in [0.05, 0.1) is 0 Å². The fraction of sp³-hybridized carbons (Fsp3) is 0.389. The molecule has 7 heteroatoms. The van der Waals surface area contributed by atoms with Crippen LogP contribution in [-0.2, 0) is 6.54 Å². The summed E-state index contributed by atoms with van der Waals surface area (Å²) in [5, 5.41) is 7.24. The van der Waals surface area contributed by atoms with Crippen LogP contribution in [-0.4, -0.2) is 40.6 Å². The number of halogens is 1. The molecule has 6 nitrogen and oxygen atoms in total. The molecule has 0 fully saturated rings. The summed E-state index contributed by atoms with van der Waals surface area (Å²) in [5.74, 6) is 2.07. The van der Waals surface area contributed by atoms with Crippen LogP contribution in [0, 0.1) is 6.92 Å². The second-order valence-electron chi connectivity index (χ2n) is 5.69. The van der Waals surface area contributed by atoms with Crippen molar-refractivity contribution in [3.8, 4) is 0 Å². The minimum absolute atomic E-state index is 0. The molecular formula is C18H24IN5O. The van der Waals surface area contributed by atoms with Gasteiger partial charge in [0.15, 0.2) is 11.8 Å². The van der Waals surface area contributed by atoms with E-state index < -0.39 is 0 Å². The van der Waals surface area contributed by atoms with Gasteiger partial charge in [-0.3, -0.25) is 0 Å². The van der Waals surface area contributed by atoms with Crippen LogP contribution in [0.25, 0.3) is 5.57 Å². The standard InChI is InChI=1S/C18H23N5O.HI/c1-3-19-18(20-13-17-21-14(2)24-22-17)23-11-9-16(10-12-23)15-7-5-4-6-8-15;/h4-9H,3,10-13H2,1-2H3,(H,19,20);1H. The normalized spacial score (nSPS) is 14.7. The van der Waals surface area contributed by atoms with Crippen molar-refractivity contribution in [1.82, 2.24) is 20.4 Å². The van der Waals surface area contributed by atoms with E-state index in [1.54, 1.807) is 6.92 Å². The van der Waals surface area contributed by atoms with Gasteiger partial charge < -0.3 is 14.7 Å². The highest BCUT2D eigenvalue weighted by Gasteiger charge is 2.16. The Bertz CT molecular complexity index is 726. The summed E-state index contributed by atoms with van der Waals surface area (Å²) in [6.45, 7) is 6.90. The quantitative estimate of drug-likeness (QED) is 0.438. The first-order valence-electron chi connectivity index (χ1n) is 8.33. The van der Waals surface area contributed by atoms with E-state index in [1.165, 1.54) is 11.1 Å². The Labute approximate surface area is 165 Å².